The molecule has 47 heavy (non-hydrogen) atoms. The number of halogens is 1. The number of likely N-dealkylation sites (tertiary alicyclic amines) is 2. The molecule has 250 valence electrons. The van der Waals surface area contributed by atoms with Crippen LogP contribution in [0.15, 0.2) is 53.6 Å². The molecule has 0 radical (unpaired) electrons. The van der Waals surface area contributed by atoms with E-state index in [4.69, 9.17) is 4.74 Å². The number of methoxy groups -OCH3 is 1. The fourth-order valence-electron chi connectivity index (χ4n) is 6.35. The lowest BCUT2D eigenvalue weighted by atomic mass is 9.86. The van der Waals surface area contributed by atoms with Gasteiger partial charge in [0.05, 0.1) is 41.4 Å². The van der Waals surface area contributed by atoms with E-state index in [0.29, 0.717) is 55.4 Å². The Kier molecular flexibility index (Phi) is 9.33. The molecule has 4 heterocycles. The van der Waals surface area contributed by atoms with Gasteiger partial charge in [-0.05, 0) is 81.3 Å². The van der Waals surface area contributed by atoms with Crippen molar-refractivity contribution in [1.82, 2.24) is 29.4 Å². The molecule has 2 aliphatic heterocycles. The van der Waals surface area contributed by atoms with Crippen molar-refractivity contribution in [2.24, 2.45) is 0 Å². The molecule has 12 nitrogen and oxygen atoms in total. The SMILES string of the molecule is COc1cc(C2CCN(C(=O)CN3CC[C@H](F)C3)CC2)c(C)cc1Nc1nc(Nc2ccccc2S(=O)(=O)C(C)C)n2nccc2n1. The smallest absolute Gasteiger partial charge is 0.236 e. The normalized spacial score (nSPS) is 17.8. The quantitative estimate of drug-likeness (QED) is 0.242. The Hall–Kier alpha value is -4.30. The number of aryl methyl sites for hydroxylation is 1. The lowest BCUT2D eigenvalue weighted by Gasteiger charge is -2.34. The average Bonchev–Trinajstić information content (AvgIpc) is 3.70. The number of hydrogen-bond acceptors (Lipinski definition) is 10. The average molecular weight is 665 g/mol. The summed E-state index contributed by atoms with van der Waals surface area (Å²) in [6.07, 6.45) is 2.93. The zero-order chi connectivity index (χ0) is 33.3. The number of nitrogens with one attached hydrogen (secondary N) is 2. The molecular formula is C33H41FN8O4S. The maximum Gasteiger partial charge on any atom is 0.236 e. The Bertz CT molecular complexity index is 1870. The Balaban J connectivity index is 1.20. The third kappa shape index (κ3) is 6.89. The number of para-hydroxylation sites is 1. The van der Waals surface area contributed by atoms with Gasteiger partial charge in [-0.1, -0.05) is 12.1 Å². The molecule has 2 aromatic heterocycles. The van der Waals surface area contributed by atoms with Gasteiger partial charge in [-0.25, -0.2) is 12.8 Å². The second-order valence-electron chi connectivity index (χ2n) is 12.5. The summed E-state index contributed by atoms with van der Waals surface area (Å²) in [7, 11) is -1.96. The number of sulfone groups is 1. The molecule has 0 spiro atoms. The van der Waals surface area contributed by atoms with Crippen LogP contribution in [-0.2, 0) is 14.6 Å². The summed E-state index contributed by atoms with van der Waals surface area (Å²) in [5.74, 6) is 1.52. The number of carbonyl (C=O) groups excluding carboxylic acids is 1. The van der Waals surface area contributed by atoms with E-state index in [1.807, 2.05) is 21.9 Å². The first-order chi connectivity index (χ1) is 22.5. The molecule has 0 saturated carbocycles. The molecule has 2 saturated heterocycles. The first-order valence-corrected chi connectivity index (χ1v) is 17.5. The van der Waals surface area contributed by atoms with Gasteiger partial charge in [0.1, 0.15) is 11.9 Å². The van der Waals surface area contributed by atoms with Crippen molar-refractivity contribution in [2.75, 3.05) is 50.5 Å². The van der Waals surface area contributed by atoms with Crippen LogP contribution in [0, 0.1) is 6.92 Å². The molecular weight excluding hydrogens is 623 g/mol. The Morgan fingerprint density at radius 1 is 1.04 bits per heavy atom. The second-order valence-corrected chi connectivity index (χ2v) is 15.0. The van der Waals surface area contributed by atoms with Crippen LogP contribution in [0.1, 0.15) is 50.2 Å². The standard InChI is InChI=1S/C33H41FN8O4S/c1-21(2)47(44,45)29-8-6-5-7-26(29)37-33-39-32(38-30-9-13-35-42(30)33)36-27-17-22(3)25(18-28(27)46-4)23-10-15-41(16-11-23)31(43)20-40-14-12-24(34)19-40/h5-9,13,17-18,21,23-24H,10-12,14-16,19-20H2,1-4H3,(H2,36,37,38,39)/t24-/m0/s1. The van der Waals surface area contributed by atoms with Gasteiger partial charge in [-0.3, -0.25) is 9.69 Å². The van der Waals surface area contributed by atoms with Crippen LogP contribution in [0.25, 0.3) is 5.65 Å². The number of anilines is 4. The Labute approximate surface area is 274 Å². The van der Waals surface area contributed by atoms with Crippen molar-refractivity contribution in [3.63, 3.8) is 0 Å². The number of piperidine rings is 1. The highest BCUT2D eigenvalue weighted by Crippen LogP contribution is 2.38. The molecule has 0 unspecified atom stereocenters. The van der Waals surface area contributed by atoms with E-state index in [0.717, 1.165) is 24.0 Å². The minimum Gasteiger partial charge on any atom is -0.495 e. The Morgan fingerprint density at radius 3 is 2.51 bits per heavy atom. The number of alkyl halides is 1. The van der Waals surface area contributed by atoms with Gasteiger partial charge in [-0.2, -0.15) is 19.6 Å². The lowest BCUT2D eigenvalue weighted by Crippen LogP contribution is -2.43. The van der Waals surface area contributed by atoms with E-state index in [1.165, 1.54) is 4.52 Å². The van der Waals surface area contributed by atoms with Gasteiger partial charge in [0.2, 0.25) is 17.8 Å². The first kappa shape index (κ1) is 32.6. The van der Waals surface area contributed by atoms with Crippen molar-refractivity contribution in [3.8, 4) is 5.75 Å². The fourth-order valence-corrected chi connectivity index (χ4v) is 7.55. The number of hydrogen-bond donors (Lipinski definition) is 2. The van der Waals surface area contributed by atoms with Crippen molar-refractivity contribution >= 4 is 44.7 Å². The van der Waals surface area contributed by atoms with Crippen LogP contribution in [-0.4, -0.2) is 95.0 Å². The monoisotopic (exact) mass is 664 g/mol. The van der Waals surface area contributed by atoms with Crippen molar-refractivity contribution in [2.45, 2.75) is 62.3 Å². The highest BCUT2D eigenvalue weighted by molar-refractivity contribution is 7.92. The van der Waals surface area contributed by atoms with E-state index in [2.05, 4.69) is 32.6 Å². The number of rotatable bonds is 10. The van der Waals surface area contributed by atoms with Crippen LogP contribution >= 0.6 is 0 Å². The second kappa shape index (κ2) is 13.4. The third-order valence-electron chi connectivity index (χ3n) is 9.01. The topological polar surface area (TPSA) is 134 Å². The summed E-state index contributed by atoms with van der Waals surface area (Å²) in [4.78, 5) is 26.1. The summed E-state index contributed by atoms with van der Waals surface area (Å²) >= 11 is 0. The predicted molar refractivity (Wildman–Crippen MR) is 178 cm³/mol. The van der Waals surface area contributed by atoms with E-state index < -0.39 is 21.3 Å². The molecule has 0 bridgehead atoms. The predicted octanol–water partition coefficient (Wildman–Crippen LogP) is 4.86. The molecule has 6 rings (SSSR count). The highest BCUT2D eigenvalue weighted by atomic mass is 32.2. The van der Waals surface area contributed by atoms with Gasteiger partial charge in [0.15, 0.2) is 15.5 Å². The molecule has 1 amide bonds. The molecule has 0 aliphatic carbocycles. The maximum atomic E-state index is 13.6. The molecule has 14 heteroatoms. The molecule has 2 aromatic carbocycles. The summed E-state index contributed by atoms with van der Waals surface area (Å²) in [5.41, 5.74) is 3.81. The van der Waals surface area contributed by atoms with Crippen LogP contribution in [0.4, 0.5) is 27.7 Å². The summed E-state index contributed by atoms with van der Waals surface area (Å²) in [6, 6.07) is 12.5. The van der Waals surface area contributed by atoms with Gasteiger partial charge >= 0.3 is 0 Å². The number of fused-ring (bicyclic) bond motifs is 1. The summed E-state index contributed by atoms with van der Waals surface area (Å²) in [5, 5.41) is 10.2. The number of carbonyl (C=O) groups is 1. The Morgan fingerprint density at radius 2 is 1.81 bits per heavy atom. The van der Waals surface area contributed by atoms with Crippen LogP contribution in [0.3, 0.4) is 0 Å². The molecule has 1 atom stereocenters. The zero-order valence-corrected chi connectivity index (χ0v) is 27.9. The number of aromatic nitrogens is 4. The summed E-state index contributed by atoms with van der Waals surface area (Å²) in [6.45, 7) is 7.94. The van der Waals surface area contributed by atoms with Crippen molar-refractivity contribution < 1.29 is 22.3 Å². The van der Waals surface area contributed by atoms with Gasteiger partial charge < -0.3 is 20.3 Å². The summed E-state index contributed by atoms with van der Waals surface area (Å²) < 4.78 is 47.0. The third-order valence-corrected chi connectivity index (χ3v) is 11.2. The molecule has 2 aliphatic rings. The van der Waals surface area contributed by atoms with E-state index >= 15 is 0 Å². The fraction of sp³-hybridized carbons (Fsp3) is 0.455. The number of benzene rings is 2. The highest BCUT2D eigenvalue weighted by Gasteiger charge is 2.29. The minimum absolute atomic E-state index is 0.0699. The first-order valence-electron chi connectivity index (χ1n) is 15.9. The van der Waals surface area contributed by atoms with Crippen molar-refractivity contribution in [1.29, 1.82) is 0 Å². The van der Waals surface area contributed by atoms with Gasteiger partial charge in [0.25, 0.3) is 0 Å². The molecule has 4 aromatic rings. The van der Waals surface area contributed by atoms with Crippen LogP contribution < -0.4 is 15.4 Å². The number of nitrogens with zero attached hydrogens (tertiary/aromatic N) is 6. The maximum absolute atomic E-state index is 13.6. The van der Waals surface area contributed by atoms with E-state index in [1.54, 1.807) is 57.5 Å². The van der Waals surface area contributed by atoms with Crippen molar-refractivity contribution in [3.05, 3.63) is 59.8 Å². The zero-order valence-electron chi connectivity index (χ0n) is 27.1. The number of amides is 1. The lowest BCUT2D eigenvalue weighted by molar-refractivity contribution is -0.133. The van der Waals surface area contributed by atoms with E-state index in [-0.39, 0.29) is 35.2 Å². The van der Waals surface area contributed by atoms with Crippen LogP contribution in [0.5, 0.6) is 5.75 Å². The molecule has 2 fully saturated rings. The minimum atomic E-state index is -3.57. The van der Waals surface area contributed by atoms with E-state index in [9.17, 15) is 17.6 Å². The largest absolute Gasteiger partial charge is 0.495 e. The number of ether oxygens (including phenoxy) is 1. The van der Waals surface area contributed by atoms with Gasteiger partial charge in [0, 0.05) is 32.2 Å². The molecule has 2 N–H and O–H groups in total. The van der Waals surface area contributed by atoms with Crippen LogP contribution in [0.2, 0.25) is 0 Å². The van der Waals surface area contributed by atoms with Gasteiger partial charge in [-0.15, -0.1) is 0 Å².